The topological polar surface area (TPSA) is 234 Å². The van der Waals surface area contributed by atoms with Crippen molar-refractivity contribution in [2.75, 3.05) is 90.5 Å². The van der Waals surface area contributed by atoms with Crippen LogP contribution in [0.3, 0.4) is 0 Å². The van der Waals surface area contributed by atoms with Crippen molar-refractivity contribution in [1.82, 2.24) is 50.5 Å². The minimum Gasteiger partial charge on any atom is -0.358 e. The first-order valence-electron chi connectivity index (χ1n) is 27.0. The highest BCUT2D eigenvalue weighted by molar-refractivity contribution is 14.1. The number of benzene rings is 3. The molecule has 3 aromatic heterocycles. The number of quaternary nitrogens is 1. The first-order valence-corrected chi connectivity index (χ1v) is 35.8. The second-order valence-corrected chi connectivity index (χ2v) is 26.3. The van der Waals surface area contributed by atoms with Gasteiger partial charge in [-0.15, -0.1) is 28.0 Å². The molecule has 87 heavy (non-hydrogen) atoms. The Hall–Kier alpha value is -2.26. The summed E-state index contributed by atoms with van der Waals surface area (Å²) >= 11 is 27.8. The number of aromatic nitrogens is 3. The predicted molar refractivity (Wildman–Crippen MR) is 391 cm³/mol. The molecule has 0 unspecified atom stereocenters. The minimum absolute atomic E-state index is 0.544. The maximum Gasteiger partial charge on any atom is 0.169 e. The van der Waals surface area contributed by atoms with Crippen LogP contribution in [0, 0.1) is 10.7 Å². The molecule has 3 saturated heterocycles. The number of nitrogens with zero attached hydrogens (tertiary/aromatic N) is 9. The Balaban J connectivity index is 0.000000220. The quantitative estimate of drug-likeness (QED) is 0.00575. The number of thiocarbonyl (C=S) groups is 3. The molecule has 0 radical (unpaired) electrons. The fourth-order valence-corrected chi connectivity index (χ4v) is 11.1. The molecule has 3 aromatic carbocycles. The van der Waals surface area contributed by atoms with Crippen LogP contribution in [0.15, 0.2) is 147 Å². The number of isothiocyanates is 1. The van der Waals surface area contributed by atoms with E-state index in [2.05, 4.69) is 235 Å². The third-order valence-corrected chi connectivity index (χ3v) is 17.8. The molecule has 6 aromatic rings. The summed E-state index contributed by atoms with van der Waals surface area (Å²) < 4.78 is 18.3. The number of likely N-dealkylation sites (N-methyl/N-ethyl adjacent to an activating group) is 1. The molecule has 470 valence electrons. The van der Waals surface area contributed by atoms with Crippen molar-refractivity contribution in [2.45, 2.75) is 54.0 Å². The normalized spacial score (nSPS) is 14.6. The molecule has 9 N–H and O–H groups in total. The molecule has 3 aliphatic heterocycles. The predicted octanol–water partition coefficient (Wildman–Crippen LogP) is 9.82. The summed E-state index contributed by atoms with van der Waals surface area (Å²) in [6.07, 6.45) is 5.77. The van der Waals surface area contributed by atoms with Crippen LogP contribution in [0.25, 0.3) is 0 Å². The number of pyridine rings is 3. The molecule has 6 heterocycles. The van der Waals surface area contributed by atoms with E-state index in [1.165, 1.54) is 12.8 Å². The van der Waals surface area contributed by atoms with E-state index in [1.807, 2.05) is 96.3 Å². The highest BCUT2D eigenvalue weighted by atomic mass is 127. The smallest absolute Gasteiger partial charge is 0.169 e. The van der Waals surface area contributed by atoms with Crippen LogP contribution in [0.2, 0.25) is 0 Å². The number of alkyl halides is 1. The lowest BCUT2D eigenvalue weighted by atomic mass is 10.2. The fourth-order valence-electron chi connectivity index (χ4n) is 8.49. The molecule has 3 fully saturated rings. The first kappa shape index (κ1) is 75.5. The van der Waals surface area contributed by atoms with Crippen LogP contribution in [0.1, 0.15) is 33.8 Å². The summed E-state index contributed by atoms with van der Waals surface area (Å²) in [4.78, 5) is 43.4. The maximum absolute atomic E-state index is 5.62. The van der Waals surface area contributed by atoms with Gasteiger partial charge in [0.1, 0.15) is 6.54 Å². The van der Waals surface area contributed by atoms with Gasteiger partial charge in [0.25, 0.3) is 0 Å². The number of rotatable bonds is 21. The zero-order valence-electron chi connectivity index (χ0n) is 48.0. The molecule has 0 spiro atoms. The number of nitrogens with two attached hydrogens (primary N) is 3. The molecule has 0 amide bonds. The number of hydrogen-bond acceptors (Lipinski definition) is 22. The average Bonchev–Trinajstić information content (AvgIpc) is 3.74. The second-order valence-electron chi connectivity index (χ2n) is 19.3. The largest absolute Gasteiger partial charge is 0.358 e. The van der Waals surface area contributed by atoms with Gasteiger partial charge in [0, 0.05) is 123 Å². The Morgan fingerprint density at radius 1 is 0.563 bits per heavy atom. The van der Waals surface area contributed by atoms with Crippen molar-refractivity contribution in [3.63, 3.8) is 0 Å². The Bertz CT molecular complexity index is 2930. The van der Waals surface area contributed by atoms with Gasteiger partial charge in [-0.1, -0.05) is 59.0 Å². The van der Waals surface area contributed by atoms with Crippen molar-refractivity contribution in [3.05, 3.63) is 172 Å². The lowest BCUT2D eigenvalue weighted by molar-refractivity contribution is -0.926. The van der Waals surface area contributed by atoms with Crippen molar-refractivity contribution < 1.29 is 32.4 Å². The van der Waals surface area contributed by atoms with Gasteiger partial charge in [0.05, 0.1) is 98.1 Å². The molecule has 0 bridgehead atoms. The number of hydrogen-bond donors (Lipinski definition) is 6. The number of aliphatic imine (C=N–C) groups is 1. The summed E-state index contributed by atoms with van der Waals surface area (Å²) in [6.45, 7) is 17.0. The molecule has 31 heteroatoms. The molecular weight excluding hydrogens is 1680 g/mol. The summed E-state index contributed by atoms with van der Waals surface area (Å²) in [5.41, 5.74) is 6.77. The van der Waals surface area contributed by atoms with Crippen LogP contribution in [0.5, 0.6) is 0 Å². The van der Waals surface area contributed by atoms with E-state index in [0.29, 0.717) is 19.6 Å². The number of piperazine rings is 3. The molecule has 3 aliphatic rings. The van der Waals surface area contributed by atoms with E-state index < -0.39 is 0 Å². The van der Waals surface area contributed by atoms with Crippen LogP contribution >= 0.6 is 163 Å². The maximum atomic E-state index is 5.62. The lowest BCUT2D eigenvalue weighted by Crippen LogP contribution is -2.59. The van der Waals surface area contributed by atoms with Gasteiger partial charge in [-0.3, -0.25) is 24.8 Å². The van der Waals surface area contributed by atoms with Crippen molar-refractivity contribution in [1.29, 1.82) is 0 Å². The van der Waals surface area contributed by atoms with Gasteiger partial charge in [-0.25, -0.2) is 4.99 Å². The molecule has 9 rings (SSSR count). The Morgan fingerprint density at radius 3 is 1.32 bits per heavy atom. The van der Waals surface area contributed by atoms with Crippen LogP contribution < -0.4 is 33.6 Å². The summed E-state index contributed by atoms with van der Waals surface area (Å²) in [6, 6.07) is 36.1. The monoisotopic (exact) mass is 1750 g/mol. The highest BCUT2D eigenvalue weighted by Gasteiger charge is 2.30. The lowest BCUT2D eigenvalue weighted by Gasteiger charge is -2.42. The van der Waals surface area contributed by atoms with Crippen molar-refractivity contribution >= 4 is 179 Å². The van der Waals surface area contributed by atoms with E-state index in [-0.39, 0.29) is 0 Å². The molecule has 0 saturated carbocycles. The Labute approximate surface area is 594 Å². The fraction of sp³-hybridized carbons (Fsp3) is 0.357. The SMILES string of the molecule is CI.C[N+]1(Cc2ccc(I)cn2)CCN(C(=S)NCc2ccc(SOON)cc2)CC1.Ic1ccc(CN2CCNCC2)nc1.NOOSc1ccc(CN=C=S)cc1.NOOSc1ccc(CNC(=S)N2CCN(Cc3ccc(I)cn3)CC2)cc1. The Kier molecular flexibility index (Phi) is 38.4. The molecule has 0 aliphatic carbocycles. The Morgan fingerprint density at radius 2 is 0.943 bits per heavy atom. The van der Waals surface area contributed by atoms with Crippen molar-refractivity contribution in [2.24, 2.45) is 22.7 Å². The summed E-state index contributed by atoms with van der Waals surface area (Å²) in [5.74, 6) is 14.4. The van der Waals surface area contributed by atoms with Gasteiger partial charge in [-0.05, 0) is 199 Å². The van der Waals surface area contributed by atoms with Crippen LogP contribution in [-0.2, 0) is 67.2 Å². The standard InChI is InChI=1S/C19H24IN5O2S2.C18H22IN5O2S2.C10H14IN3.C8H8N2O2S2.CH3I/c1-25(14-17-5-4-16(20)13-22-17)10-8-24(9-11-25)19(28)23-12-15-2-6-18(7-3-15)29-27-26-21;19-15-3-4-16(21-12-15)13-23-7-9-24(10-8-23)18(27)22-11-14-1-5-17(6-2-14)28-26-25-20;11-9-1-2-10(13-7-9)8-14-5-3-12-4-6-14;9-11-12-14-8-3-1-7(2-4-8)5-10-6-13;1-2/h2-7,13H,8-12,14,21H2,1H3;1-6,12H,7-11,13,20H2,(H,22,27);1-2,7,12H,3-6,8H2;1-4H,5,9H2;1H3/p+1. The van der Waals surface area contributed by atoms with Gasteiger partial charge in [-0.2, -0.15) is 17.7 Å². The van der Waals surface area contributed by atoms with E-state index >= 15 is 0 Å². The minimum atomic E-state index is 0.544. The average molecular weight is 1750 g/mol. The third kappa shape index (κ3) is 30.8. The first-order chi connectivity index (χ1) is 42.3. The number of nitrogens with one attached hydrogen (secondary N) is 3. The molecule has 0 atom stereocenters. The van der Waals surface area contributed by atoms with Gasteiger partial charge in [0.2, 0.25) is 0 Å². The third-order valence-electron chi connectivity index (χ3n) is 13.1. The molecular formula is C56H72I4N15O6S6+. The van der Waals surface area contributed by atoms with Crippen LogP contribution in [-0.4, -0.2) is 145 Å². The van der Waals surface area contributed by atoms with Crippen molar-refractivity contribution in [3.8, 4) is 0 Å². The second kappa shape index (κ2) is 44.3. The van der Waals surface area contributed by atoms with E-state index in [0.717, 1.165) is 195 Å². The van der Waals surface area contributed by atoms with Crippen LogP contribution in [0.4, 0.5) is 0 Å². The van der Waals surface area contributed by atoms with E-state index in [4.69, 9.17) is 42.1 Å². The van der Waals surface area contributed by atoms with E-state index in [1.54, 1.807) is 0 Å². The van der Waals surface area contributed by atoms with Gasteiger partial charge >= 0.3 is 0 Å². The number of halogens is 4. The zero-order valence-corrected chi connectivity index (χ0v) is 61.5. The highest BCUT2D eigenvalue weighted by Crippen LogP contribution is 2.22. The molecule has 21 nitrogen and oxygen atoms in total. The van der Waals surface area contributed by atoms with Gasteiger partial charge < -0.3 is 30.2 Å². The zero-order chi connectivity index (χ0) is 62.5. The van der Waals surface area contributed by atoms with Gasteiger partial charge in [0.15, 0.2) is 10.2 Å². The van der Waals surface area contributed by atoms with E-state index in [9.17, 15) is 0 Å². The summed E-state index contributed by atoms with van der Waals surface area (Å²) in [5, 5.41) is 14.0. The summed E-state index contributed by atoms with van der Waals surface area (Å²) in [7, 11) is 2.30.